The number of hydrogen-bond donors (Lipinski definition) is 1. The minimum absolute atomic E-state index is 0.659. The van der Waals surface area contributed by atoms with Gasteiger partial charge in [0.25, 0.3) is 0 Å². The normalized spacial score (nSPS) is 22.4. The molecule has 1 N–H and O–H groups in total. The van der Waals surface area contributed by atoms with E-state index in [1.807, 2.05) is 13.1 Å². The Morgan fingerprint density at radius 3 is 3.20 bits per heavy atom. The number of likely N-dealkylation sites (N-methyl/N-ethyl adjacent to an activating group) is 1. The minimum Gasteiger partial charge on any atom is -0.467 e. The van der Waals surface area contributed by atoms with Crippen molar-refractivity contribution in [1.82, 2.24) is 10.2 Å². The summed E-state index contributed by atoms with van der Waals surface area (Å²) in [7, 11) is 2.01. The second kappa shape index (κ2) is 5.14. The number of furan rings is 1. The third-order valence-corrected chi connectivity index (χ3v) is 3.68. The zero-order chi connectivity index (χ0) is 10.7. The molecule has 0 radical (unpaired) electrons. The van der Waals surface area contributed by atoms with Crippen LogP contribution >= 0.6 is 15.9 Å². The standard InChI is InChI=1S/C11H17BrN2O/c1-13-7-9-3-2-5-14(9)8-11-10(12)4-6-15-11/h4,6,9,13H,2-3,5,7-8H2,1H3. The maximum absolute atomic E-state index is 5.44. The van der Waals surface area contributed by atoms with Gasteiger partial charge in [-0.2, -0.15) is 0 Å². The molecule has 2 rings (SSSR count). The fraction of sp³-hybridized carbons (Fsp3) is 0.636. The Labute approximate surface area is 99.0 Å². The summed E-state index contributed by atoms with van der Waals surface area (Å²) in [6.07, 6.45) is 4.33. The molecule has 15 heavy (non-hydrogen) atoms. The molecule has 0 saturated carbocycles. The summed E-state index contributed by atoms with van der Waals surface area (Å²) in [5.74, 6) is 1.04. The smallest absolute Gasteiger partial charge is 0.131 e. The monoisotopic (exact) mass is 272 g/mol. The van der Waals surface area contributed by atoms with Crippen LogP contribution in [0.1, 0.15) is 18.6 Å². The zero-order valence-corrected chi connectivity index (χ0v) is 10.6. The molecule has 1 aliphatic rings. The fourth-order valence-corrected chi connectivity index (χ4v) is 2.52. The summed E-state index contributed by atoms with van der Waals surface area (Å²) < 4.78 is 6.52. The Morgan fingerprint density at radius 2 is 2.53 bits per heavy atom. The molecule has 2 heterocycles. The van der Waals surface area contributed by atoms with Crippen molar-refractivity contribution < 1.29 is 4.42 Å². The summed E-state index contributed by atoms with van der Waals surface area (Å²) >= 11 is 3.50. The predicted octanol–water partition coefficient (Wildman–Crippen LogP) is 2.23. The molecule has 0 aliphatic carbocycles. The first-order valence-electron chi connectivity index (χ1n) is 5.42. The molecule has 0 spiro atoms. The van der Waals surface area contributed by atoms with Crippen LogP contribution in [0.4, 0.5) is 0 Å². The lowest BCUT2D eigenvalue weighted by Gasteiger charge is -2.23. The summed E-state index contributed by atoms with van der Waals surface area (Å²) in [6, 6.07) is 2.62. The largest absolute Gasteiger partial charge is 0.467 e. The van der Waals surface area contributed by atoms with Crippen LogP contribution in [0.5, 0.6) is 0 Å². The van der Waals surface area contributed by atoms with E-state index in [0.29, 0.717) is 6.04 Å². The fourth-order valence-electron chi connectivity index (χ4n) is 2.19. The van der Waals surface area contributed by atoms with Crippen LogP contribution in [0, 0.1) is 0 Å². The van der Waals surface area contributed by atoms with Crippen LogP contribution < -0.4 is 5.32 Å². The van der Waals surface area contributed by atoms with E-state index in [2.05, 4.69) is 26.1 Å². The van der Waals surface area contributed by atoms with Gasteiger partial charge >= 0.3 is 0 Å². The molecule has 0 amide bonds. The van der Waals surface area contributed by atoms with Gasteiger partial charge in [-0.3, -0.25) is 4.90 Å². The summed E-state index contributed by atoms with van der Waals surface area (Å²) in [5, 5.41) is 3.25. The summed E-state index contributed by atoms with van der Waals surface area (Å²) in [4.78, 5) is 2.49. The van der Waals surface area contributed by atoms with Crippen molar-refractivity contribution in [2.75, 3.05) is 20.1 Å². The van der Waals surface area contributed by atoms with Gasteiger partial charge in [-0.05, 0) is 48.4 Å². The molecule has 1 aliphatic heterocycles. The first-order valence-corrected chi connectivity index (χ1v) is 6.21. The molecule has 1 aromatic heterocycles. The van der Waals surface area contributed by atoms with Crippen molar-refractivity contribution in [3.05, 3.63) is 22.6 Å². The Hall–Kier alpha value is -0.320. The quantitative estimate of drug-likeness (QED) is 0.911. The molecule has 0 aromatic carbocycles. The second-order valence-electron chi connectivity index (χ2n) is 4.02. The van der Waals surface area contributed by atoms with Crippen molar-refractivity contribution >= 4 is 15.9 Å². The Morgan fingerprint density at radius 1 is 1.67 bits per heavy atom. The van der Waals surface area contributed by atoms with E-state index < -0.39 is 0 Å². The van der Waals surface area contributed by atoms with Gasteiger partial charge < -0.3 is 9.73 Å². The number of hydrogen-bond acceptors (Lipinski definition) is 3. The van der Waals surface area contributed by atoms with Crippen LogP contribution in [0.3, 0.4) is 0 Å². The van der Waals surface area contributed by atoms with Gasteiger partial charge in [0.15, 0.2) is 0 Å². The molecule has 1 saturated heterocycles. The van der Waals surface area contributed by atoms with Gasteiger partial charge in [-0.25, -0.2) is 0 Å². The molecule has 3 nitrogen and oxygen atoms in total. The highest BCUT2D eigenvalue weighted by Crippen LogP contribution is 2.24. The van der Waals surface area contributed by atoms with Gasteiger partial charge in [-0.15, -0.1) is 0 Å². The maximum Gasteiger partial charge on any atom is 0.131 e. The molecule has 4 heteroatoms. The zero-order valence-electron chi connectivity index (χ0n) is 9.00. The Kier molecular flexibility index (Phi) is 3.83. The minimum atomic E-state index is 0.659. The van der Waals surface area contributed by atoms with E-state index in [-0.39, 0.29) is 0 Å². The van der Waals surface area contributed by atoms with Crippen LogP contribution in [0.25, 0.3) is 0 Å². The van der Waals surface area contributed by atoms with Crippen LogP contribution in [0.15, 0.2) is 21.2 Å². The van der Waals surface area contributed by atoms with Gasteiger partial charge in [-0.1, -0.05) is 0 Å². The van der Waals surface area contributed by atoms with E-state index >= 15 is 0 Å². The predicted molar refractivity (Wildman–Crippen MR) is 63.8 cm³/mol. The third-order valence-electron chi connectivity index (χ3n) is 2.98. The highest BCUT2D eigenvalue weighted by molar-refractivity contribution is 9.10. The SMILES string of the molecule is CNCC1CCCN1Cc1occc1Br. The van der Waals surface area contributed by atoms with E-state index in [1.165, 1.54) is 19.4 Å². The van der Waals surface area contributed by atoms with Crippen molar-refractivity contribution in [3.8, 4) is 0 Å². The topological polar surface area (TPSA) is 28.4 Å². The lowest BCUT2D eigenvalue weighted by atomic mass is 10.2. The highest BCUT2D eigenvalue weighted by Gasteiger charge is 2.24. The Balaban J connectivity index is 1.96. The van der Waals surface area contributed by atoms with Gasteiger partial charge in [0.1, 0.15) is 5.76 Å². The molecule has 84 valence electrons. The summed E-state index contributed by atoms with van der Waals surface area (Å²) in [5.41, 5.74) is 0. The molecule has 1 atom stereocenters. The Bertz CT molecular complexity index is 313. The summed E-state index contributed by atoms with van der Waals surface area (Å²) in [6.45, 7) is 3.16. The first-order chi connectivity index (χ1) is 7.31. The first kappa shape index (κ1) is 11.2. The molecule has 1 unspecified atom stereocenters. The van der Waals surface area contributed by atoms with E-state index in [0.717, 1.165) is 23.3 Å². The molecule has 0 bridgehead atoms. The van der Waals surface area contributed by atoms with Gasteiger partial charge in [0.2, 0.25) is 0 Å². The average Bonchev–Trinajstić information content (AvgIpc) is 2.80. The molecule has 1 aromatic rings. The number of nitrogens with one attached hydrogen (secondary N) is 1. The second-order valence-corrected chi connectivity index (χ2v) is 4.87. The van der Waals surface area contributed by atoms with Crippen LogP contribution in [0.2, 0.25) is 0 Å². The number of nitrogens with zero attached hydrogens (tertiary/aromatic N) is 1. The van der Waals surface area contributed by atoms with Gasteiger partial charge in [0.05, 0.1) is 17.3 Å². The molecular formula is C11H17BrN2O. The average molecular weight is 273 g/mol. The number of likely N-dealkylation sites (tertiary alicyclic amines) is 1. The van der Waals surface area contributed by atoms with Crippen molar-refractivity contribution in [2.24, 2.45) is 0 Å². The van der Waals surface area contributed by atoms with Crippen LogP contribution in [-0.4, -0.2) is 31.1 Å². The van der Waals surface area contributed by atoms with Crippen molar-refractivity contribution in [1.29, 1.82) is 0 Å². The van der Waals surface area contributed by atoms with Crippen LogP contribution in [-0.2, 0) is 6.54 Å². The number of rotatable bonds is 4. The molecular weight excluding hydrogens is 256 g/mol. The lowest BCUT2D eigenvalue weighted by molar-refractivity contribution is 0.223. The third kappa shape index (κ3) is 2.62. The van der Waals surface area contributed by atoms with Crippen molar-refractivity contribution in [2.45, 2.75) is 25.4 Å². The van der Waals surface area contributed by atoms with Crippen molar-refractivity contribution in [3.63, 3.8) is 0 Å². The maximum atomic E-state index is 5.44. The van der Waals surface area contributed by atoms with E-state index in [1.54, 1.807) is 6.26 Å². The number of halogens is 1. The van der Waals surface area contributed by atoms with E-state index in [4.69, 9.17) is 4.42 Å². The lowest BCUT2D eigenvalue weighted by Crippen LogP contribution is -2.36. The molecule has 1 fully saturated rings. The highest BCUT2D eigenvalue weighted by atomic mass is 79.9. The van der Waals surface area contributed by atoms with E-state index in [9.17, 15) is 0 Å². The van der Waals surface area contributed by atoms with Gasteiger partial charge in [0, 0.05) is 12.6 Å².